The molecule has 0 bridgehead atoms. The quantitative estimate of drug-likeness (QED) is 0.285. The van der Waals surface area contributed by atoms with Crippen molar-refractivity contribution < 1.29 is 0 Å². The van der Waals surface area contributed by atoms with Gasteiger partial charge in [0.1, 0.15) is 0 Å². The second-order valence-corrected chi connectivity index (χ2v) is 7.82. The summed E-state index contributed by atoms with van der Waals surface area (Å²) in [6, 6.07) is 26.7. The van der Waals surface area contributed by atoms with E-state index < -0.39 is 0 Å². The zero-order chi connectivity index (χ0) is 16.5. The van der Waals surface area contributed by atoms with Crippen molar-refractivity contribution in [2.75, 3.05) is 0 Å². The second-order valence-electron chi connectivity index (χ2n) is 6.74. The third kappa shape index (κ3) is 1.72. The highest BCUT2D eigenvalue weighted by Crippen LogP contribution is 2.39. The van der Waals surface area contributed by atoms with E-state index in [4.69, 9.17) is 0 Å². The van der Waals surface area contributed by atoms with Crippen molar-refractivity contribution in [3.05, 3.63) is 72.8 Å². The first-order valence-corrected chi connectivity index (χ1v) is 9.33. The smallest absolute Gasteiger partial charge is 0.0495 e. The number of hydrogen-bond acceptors (Lipinski definition) is 1. The molecule has 0 N–H and O–H groups in total. The normalized spacial score (nSPS) is 12.2. The average Bonchev–Trinajstić information content (AvgIpc) is 3.14. The number of rotatable bonds is 0. The molecule has 4 aromatic carbocycles. The van der Waals surface area contributed by atoms with Crippen LogP contribution in [0.1, 0.15) is 0 Å². The largest absolute Gasteiger partial charge is 0.344 e. The zero-order valence-corrected chi connectivity index (χ0v) is 14.6. The van der Waals surface area contributed by atoms with Gasteiger partial charge in [-0.15, -0.1) is 11.3 Å². The van der Waals surface area contributed by atoms with Crippen LogP contribution in [0.25, 0.3) is 52.8 Å². The van der Waals surface area contributed by atoms with Gasteiger partial charge in [-0.2, -0.15) is 0 Å². The molecule has 0 amide bonds. The maximum absolute atomic E-state index is 2.38. The minimum Gasteiger partial charge on any atom is -0.344 e. The highest BCUT2D eigenvalue weighted by molar-refractivity contribution is 7.25. The van der Waals surface area contributed by atoms with Crippen LogP contribution in [-0.4, -0.2) is 4.57 Å². The molecule has 2 heteroatoms. The molecule has 118 valence electrons. The Morgan fingerprint density at radius 2 is 1.28 bits per heavy atom. The molecule has 0 unspecified atom stereocenters. The predicted octanol–water partition coefficient (Wildman–Crippen LogP) is 6.85. The van der Waals surface area contributed by atoms with Crippen molar-refractivity contribution in [3.8, 4) is 0 Å². The van der Waals surface area contributed by atoms with Crippen molar-refractivity contribution in [2.45, 2.75) is 0 Å². The molecule has 0 atom stereocenters. The van der Waals surface area contributed by atoms with E-state index in [1.54, 1.807) is 0 Å². The SMILES string of the molecule is Cn1c2cc3ccccc3cc2c2cc3sc4ccccc4c3cc21. The third-order valence-electron chi connectivity index (χ3n) is 5.37. The molecule has 25 heavy (non-hydrogen) atoms. The van der Waals surface area contributed by atoms with Crippen LogP contribution < -0.4 is 0 Å². The van der Waals surface area contributed by atoms with Crippen molar-refractivity contribution in [2.24, 2.45) is 7.05 Å². The summed E-state index contributed by atoms with van der Waals surface area (Å²) in [5, 5.41) is 8.02. The van der Waals surface area contributed by atoms with Gasteiger partial charge < -0.3 is 4.57 Å². The van der Waals surface area contributed by atoms with Crippen molar-refractivity contribution >= 4 is 64.1 Å². The van der Waals surface area contributed by atoms with Crippen LogP contribution in [0.3, 0.4) is 0 Å². The Bertz CT molecular complexity index is 1450. The number of hydrogen-bond donors (Lipinski definition) is 0. The molecule has 0 saturated heterocycles. The summed E-state index contributed by atoms with van der Waals surface area (Å²) in [5.74, 6) is 0. The monoisotopic (exact) mass is 337 g/mol. The summed E-state index contributed by atoms with van der Waals surface area (Å²) in [5.41, 5.74) is 2.61. The highest BCUT2D eigenvalue weighted by Gasteiger charge is 2.13. The first-order chi connectivity index (χ1) is 12.3. The fourth-order valence-corrected chi connectivity index (χ4v) is 5.23. The van der Waals surface area contributed by atoms with Crippen molar-refractivity contribution in [3.63, 3.8) is 0 Å². The van der Waals surface area contributed by atoms with E-state index in [9.17, 15) is 0 Å². The van der Waals surface area contributed by atoms with Crippen LogP contribution in [0.15, 0.2) is 72.8 Å². The highest BCUT2D eigenvalue weighted by atomic mass is 32.1. The molecule has 2 aromatic heterocycles. The first-order valence-electron chi connectivity index (χ1n) is 8.52. The summed E-state index contributed by atoms with van der Waals surface area (Å²) in [6.45, 7) is 0. The topological polar surface area (TPSA) is 4.93 Å². The minimum absolute atomic E-state index is 1.30. The first kappa shape index (κ1) is 13.5. The molecule has 0 aliphatic rings. The molecule has 0 radical (unpaired) electrons. The molecule has 2 heterocycles. The number of benzene rings is 4. The molecule has 6 aromatic rings. The van der Waals surface area contributed by atoms with Gasteiger partial charge in [0.25, 0.3) is 0 Å². The number of aromatic nitrogens is 1. The standard InChI is InChI=1S/C23H15NS/c1-24-20-11-15-7-3-2-6-14(15)10-17(20)18-13-23-19(12-21(18)24)16-8-4-5-9-22(16)25-23/h2-13H,1H3. The number of fused-ring (bicyclic) bond motifs is 7. The van der Waals surface area contributed by atoms with E-state index in [1.165, 1.54) is 52.8 Å². The summed E-state index contributed by atoms with van der Waals surface area (Å²) in [4.78, 5) is 0. The lowest BCUT2D eigenvalue weighted by molar-refractivity contribution is 1.02. The van der Waals surface area contributed by atoms with Gasteiger partial charge in [-0.05, 0) is 41.1 Å². The molecule has 0 spiro atoms. The molecule has 1 nitrogen and oxygen atoms in total. The van der Waals surface area contributed by atoms with Gasteiger partial charge >= 0.3 is 0 Å². The maximum Gasteiger partial charge on any atom is 0.0495 e. The lowest BCUT2D eigenvalue weighted by Crippen LogP contribution is -1.86. The Balaban J connectivity index is 1.85. The fourth-order valence-electron chi connectivity index (χ4n) is 4.10. The zero-order valence-electron chi connectivity index (χ0n) is 13.8. The van der Waals surface area contributed by atoms with Gasteiger partial charge in [0.15, 0.2) is 0 Å². The number of nitrogens with zero attached hydrogens (tertiary/aromatic N) is 1. The van der Waals surface area contributed by atoms with Crippen LogP contribution in [0.2, 0.25) is 0 Å². The predicted molar refractivity (Wildman–Crippen MR) is 111 cm³/mol. The summed E-state index contributed by atoms with van der Waals surface area (Å²) in [7, 11) is 2.18. The Kier molecular flexibility index (Phi) is 2.48. The van der Waals surface area contributed by atoms with Crippen LogP contribution in [0.5, 0.6) is 0 Å². The summed E-state index contributed by atoms with van der Waals surface area (Å²) < 4.78 is 5.07. The molecule has 0 aliphatic heterocycles. The van der Waals surface area contributed by atoms with E-state index in [2.05, 4.69) is 84.4 Å². The third-order valence-corrected chi connectivity index (χ3v) is 6.51. The molecule has 6 rings (SSSR count). The summed E-state index contributed by atoms with van der Waals surface area (Å²) in [6.07, 6.45) is 0. The molecule has 0 aliphatic carbocycles. The Morgan fingerprint density at radius 3 is 2.16 bits per heavy atom. The van der Waals surface area contributed by atoms with Gasteiger partial charge in [-0.25, -0.2) is 0 Å². The molecule has 0 fully saturated rings. The van der Waals surface area contributed by atoms with E-state index in [0.717, 1.165) is 0 Å². The maximum atomic E-state index is 2.38. The van der Waals surface area contributed by atoms with Gasteiger partial charge in [0.05, 0.1) is 0 Å². The Labute approximate surface area is 148 Å². The Hall–Kier alpha value is -2.84. The minimum atomic E-state index is 1.30. The summed E-state index contributed by atoms with van der Waals surface area (Å²) >= 11 is 1.89. The Morgan fingerprint density at radius 1 is 0.600 bits per heavy atom. The fraction of sp³-hybridized carbons (Fsp3) is 0.0435. The molecule has 0 saturated carbocycles. The van der Waals surface area contributed by atoms with E-state index in [0.29, 0.717) is 0 Å². The molecular formula is C23H15NS. The van der Waals surface area contributed by atoms with Crippen molar-refractivity contribution in [1.29, 1.82) is 0 Å². The van der Waals surface area contributed by atoms with Crippen molar-refractivity contribution in [1.82, 2.24) is 4.57 Å². The van der Waals surface area contributed by atoms with Gasteiger partial charge in [0, 0.05) is 49.0 Å². The van der Waals surface area contributed by atoms with Crippen LogP contribution in [0, 0.1) is 0 Å². The van der Waals surface area contributed by atoms with Gasteiger partial charge in [0.2, 0.25) is 0 Å². The van der Waals surface area contributed by atoms with Crippen LogP contribution >= 0.6 is 11.3 Å². The lowest BCUT2D eigenvalue weighted by Gasteiger charge is -2.00. The van der Waals surface area contributed by atoms with Crippen LogP contribution in [-0.2, 0) is 7.05 Å². The van der Waals surface area contributed by atoms with E-state index >= 15 is 0 Å². The van der Waals surface area contributed by atoms with E-state index in [1.807, 2.05) is 11.3 Å². The second kappa shape index (κ2) is 4.62. The number of aryl methyl sites for hydroxylation is 1. The molecular weight excluding hydrogens is 322 g/mol. The lowest BCUT2D eigenvalue weighted by atomic mass is 10.1. The van der Waals surface area contributed by atoms with Crippen LogP contribution in [0.4, 0.5) is 0 Å². The number of thiophene rings is 1. The van der Waals surface area contributed by atoms with Gasteiger partial charge in [-0.1, -0.05) is 42.5 Å². The van der Waals surface area contributed by atoms with Gasteiger partial charge in [-0.3, -0.25) is 0 Å². The average molecular weight is 337 g/mol. The van der Waals surface area contributed by atoms with E-state index in [-0.39, 0.29) is 0 Å².